The Morgan fingerprint density at radius 1 is 1.16 bits per heavy atom. The lowest BCUT2D eigenvalue weighted by Crippen LogP contribution is -2.26. The molecule has 1 unspecified atom stereocenters. The zero-order valence-corrected chi connectivity index (χ0v) is 13.5. The number of hydrogen-bond donors (Lipinski definition) is 1. The number of ether oxygens (including phenoxy) is 2. The highest BCUT2D eigenvalue weighted by Crippen LogP contribution is 2.32. The highest BCUT2D eigenvalue weighted by molar-refractivity contribution is 5.95. The summed E-state index contributed by atoms with van der Waals surface area (Å²) in [5.41, 5.74) is 2.45. The first-order chi connectivity index (χ1) is 12.2. The van der Waals surface area contributed by atoms with Gasteiger partial charge in [0, 0.05) is 5.56 Å². The molecule has 1 aliphatic rings. The third-order valence-corrected chi connectivity index (χ3v) is 4.06. The molecule has 0 bridgehead atoms. The smallest absolute Gasteiger partial charge is 0.251 e. The molecule has 1 aliphatic heterocycles. The van der Waals surface area contributed by atoms with Crippen LogP contribution in [0.4, 0.5) is 0 Å². The summed E-state index contributed by atoms with van der Waals surface area (Å²) in [6, 6.07) is 12.8. The van der Waals surface area contributed by atoms with E-state index in [0.717, 1.165) is 11.3 Å². The number of nitrogens with one attached hydrogen (secondary N) is 1. The second kappa shape index (κ2) is 6.27. The molecular weight excluding hydrogens is 320 g/mol. The van der Waals surface area contributed by atoms with Crippen molar-refractivity contribution in [3.8, 4) is 17.2 Å². The Morgan fingerprint density at radius 2 is 1.96 bits per heavy atom. The molecule has 1 atom stereocenters. The largest absolute Gasteiger partial charge is 0.454 e. The van der Waals surface area contributed by atoms with Gasteiger partial charge in [0.25, 0.3) is 5.91 Å². The Balaban J connectivity index is 1.46. The van der Waals surface area contributed by atoms with E-state index in [1.54, 1.807) is 29.2 Å². The molecule has 2 heterocycles. The van der Waals surface area contributed by atoms with Gasteiger partial charge in [-0.3, -0.25) is 4.79 Å². The third kappa shape index (κ3) is 3.03. The molecule has 1 amide bonds. The van der Waals surface area contributed by atoms with Crippen LogP contribution in [0.3, 0.4) is 0 Å². The third-order valence-electron chi connectivity index (χ3n) is 4.06. The highest BCUT2D eigenvalue weighted by atomic mass is 16.7. The van der Waals surface area contributed by atoms with Crippen LogP contribution in [0.2, 0.25) is 0 Å². The van der Waals surface area contributed by atoms with Crippen LogP contribution in [-0.2, 0) is 0 Å². The molecule has 4 rings (SSSR count). The lowest BCUT2D eigenvalue weighted by atomic mass is 10.1. The second-order valence-corrected chi connectivity index (χ2v) is 5.69. The van der Waals surface area contributed by atoms with E-state index < -0.39 is 0 Å². The van der Waals surface area contributed by atoms with Crippen LogP contribution in [0.25, 0.3) is 5.69 Å². The molecule has 7 nitrogen and oxygen atoms in total. The molecule has 3 aromatic rings. The SMILES string of the molecule is CC(NC(=O)c1ccc2c(c1)OCO2)c1ccc(-n2cncn2)cc1. The number of carbonyl (C=O) groups is 1. The van der Waals surface area contributed by atoms with Gasteiger partial charge in [-0.15, -0.1) is 0 Å². The Morgan fingerprint density at radius 3 is 2.72 bits per heavy atom. The zero-order valence-electron chi connectivity index (χ0n) is 13.5. The van der Waals surface area contributed by atoms with Gasteiger partial charge in [-0.1, -0.05) is 12.1 Å². The van der Waals surface area contributed by atoms with Gasteiger partial charge in [-0.05, 0) is 42.8 Å². The van der Waals surface area contributed by atoms with Gasteiger partial charge in [0.15, 0.2) is 11.5 Å². The fourth-order valence-electron chi connectivity index (χ4n) is 2.66. The van der Waals surface area contributed by atoms with Crippen molar-refractivity contribution in [1.82, 2.24) is 20.1 Å². The minimum Gasteiger partial charge on any atom is -0.454 e. The Kier molecular flexibility index (Phi) is 3.81. The first-order valence-electron chi connectivity index (χ1n) is 7.86. The van der Waals surface area contributed by atoms with E-state index in [1.807, 2.05) is 31.2 Å². The lowest BCUT2D eigenvalue weighted by Gasteiger charge is -2.15. The fraction of sp³-hybridized carbons (Fsp3) is 0.167. The molecule has 25 heavy (non-hydrogen) atoms. The summed E-state index contributed by atoms with van der Waals surface area (Å²) in [5.74, 6) is 1.09. The Labute approximate surface area is 144 Å². The van der Waals surface area contributed by atoms with E-state index in [4.69, 9.17) is 9.47 Å². The fourth-order valence-corrected chi connectivity index (χ4v) is 2.66. The number of hydrogen-bond acceptors (Lipinski definition) is 5. The molecule has 0 aliphatic carbocycles. The summed E-state index contributed by atoms with van der Waals surface area (Å²) in [7, 11) is 0. The summed E-state index contributed by atoms with van der Waals surface area (Å²) in [4.78, 5) is 16.4. The molecule has 126 valence electrons. The maximum Gasteiger partial charge on any atom is 0.251 e. The molecule has 1 aromatic heterocycles. The second-order valence-electron chi connectivity index (χ2n) is 5.69. The van der Waals surface area contributed by atoms with Gasteiger partial charge in [-0.25, -0.2) is 9.67 Å². The zero-order chi connectivity index (χ0) is 17.2. The van der Waals surface area contributed by atoms with Crippen LogP contribution >= 0.6 is 0 Å². The van der Waals surface area contributed by atoms with Gasteiger partial charge < -0.3 is 14.8 Å². The van der Waals surface area contributed by atoms with Crippen molar-refractivity contribution >= 4 is 5.91 Å². The number of aromatic nitrogens is 3. The molecule has 2 aromatic carbocycles. The molecule has 0 radical (unpaired) electrons. The summed E-state index contributed by atoms with van der Waals surface area (Å²) in [5, 5.41) is 7.08. The average molecular weight is 336 g/mol. The molecule has 0 saturated heterocycles. The van der Waals surface area contributed by atoms with Crippen molar-refractivity contribution in [1.29, 1.82) is 0 Å². The van der Waals surface area contributed by atoms with E-state index >= 15 is 0 Å². The normalized spacial score (nSPS) is 13.5. The van der Waals surface area contributed by atoms with Crippen molar-refractivity contribution in [3.63, 3.8) is 0 Å². The van der Waals surface area contributed by atoms with Crippen LogP contribution < -0.4 is 14.8 Å². The van der Waals surface area contributed by atoms with Crippen molar-refractivity contribution in [2.45, 2.75) is 13.0 Å². The van der Waals surface area contributed by atoms with Gasteiger partial charge in [0.1, 0.15) is 12.7 Å². The summed E-state index contributed by atoms with van der Waals surface area (Å²) >= 11 is 0. The summed E-state index contributed by atoms with van der Waals surface area (Å²) < 4.78 is 12.3. The number of nitrogens with zero attached hydrogens (tertiary/aromatic N) is 3. The average Bonchev–Trinajstić information content (AvgIpc) is 3.32. The van der Waals surface area contributed by atoms with Gasteiger partial charge in [-0.2, -0.15) is 5.10 Å². The van der Waals surface area contributed by atoms with Gasteiger partial charge in [0.05, 0.1) is 11.7 Å². The molecule has 0 saturated carbocycles. The lowest BCUT2D eigenvalue weighted by molar-refractivity contribution is 0.0939. The summed E-state index contributed by atoms with van der Waals surface area (Å²) in [6.07, 6.45) is 3.13. The number of amides is 1. The number of fused-ring (bicyclic) bond motifs is 1. The van der Waals surface area contributed by atoms with Crippen molar-refractivity contribution in [3.05, 3.63) is 66.2 Å². The molecule has 0 spiro atoms. The molecule has 0 fully saturated rings. The minimum atomic E-state index is -0.161. The van der Waals surface area contributed by atoms with Crippen LogP contribution in [-0.4, -0.2) is 27.5 Å². The van der Waals surface area contributed by atoms with E-state index in [2.05, 4.69) is 15.4 Å². The van der Waals surface area contributed by atoms with Crippen molar-refractivity contribution < 1.29 is 14.3 Å². The van der Waals surface area contributed by atoms with Crippen molar-refractivity contribution in [2.24, 2.45) is 0 Å². The molecule has 7 heteroatoms. The predicted molar refractivity (Wildman–Crippen MR) is 89.8 cm³/mol. The Hall–Kier alpha value is -3.35. The van der Waals surface area contributed by atoms with Crippen molar-refractivity contribution in [2.75, 3.05) is 6.79 Å². The monoisotopic (exact) mass is 336 g/mol. The molecular formula is C18H16N4O3. The first-order valence-corrected chi connectivity index (χ1v) is 7.86. The summed E-state index contributed by atoms with van der Waals surface area (Å²) in [6.45, 7) is 2.13. The first kappa shape index (κ1) is 15.2. The van der Waals surface area contributed by atoms with E-state index in [-0.39, 0.29) is 18.7 Å². The van der Waals surface area contributed by atoms with Gasteiger partial charge in [0.2, 0.25) is 6.79 Å². The predicted octanol–water partition coefficient (Wildman–Crippen LogP) is 2.49. The maximum absolute atomic E-state index is 12.5. The number of benzene rings is 2. The van der Waals surface area contributed by atoms with E-state index in [0.29, 0.717) is 17.1 Å². The highest BCUT2D eigenvalue weighted by Gasteiger charge is 2.17. The minimum absolute atomic E-state index is 0.136. The maximum atomic E-state index is 12.5. The van der Waals surface area contributed by atoms with Crippen LogP contribution in [0, 0.1) is 0 Å². The van der Waals surface area contributed by atoms with Crippen LogP contribution in [0.1, 0.15) is 28.9 Å². The van der Waals surface area contributed by atoms with Gasteiger partial charge >= 0.3 is 0 Å². The van der Waals surface area contributed by atoms with E-state index in [9.17, 15) is 4.79 Å². The topological polar surface area (TPSA) is 78.3 Å². The Bertz CT molecular complexity index is 891. The quantitative estimate of drug-likeness (QED) is 0.792. The number of carbonyl (C=O) groups excluding carboxylic acids is 1. The van der Waals surface area contributed by atoms with Crippen LogP contribution in [0.5, 0.6) is 11.5 Å². The number of rotatable bonds is 4. The molecule has 1 N–H and O–H groups in total. The standard InChI is InChI=1S/C18H16N4O3/c1-12(13-2-5-15(6-3-13)22-10-19-9-20-22)21-18(23)14-4-7-16-17(8-14)25-11-24-16/h2-10,12H,11H2,1H3,(H,21,23). The van der Waals surface area contributed by atoms with Crippen LogP contribution in [0.15, 0.2) is 55.1 Å². The van der Waals surface area contributed by atoms with E-state index in [1.165, 1.54) is 6.33 Å².